The molecule has 5 heteroatoms. The van der Waals surface area contributed by atoms with Crippen LogP contribution in [0, 0.1) is 0 Å². The fourth-order valence-corrected chi connectivity index (χ4v) is 2.24. The van der Waals surface area contributed by atoms with E-state index < -0.39 is 11.7 Å². The van der Waals surface area contributed by atoms with Crippen LogP contribution in [0.5, 0.6) is 0 Å². The average Bonchev–Trinajstić information content (AvgIpc) is 2.54. The van der Waals surface area contributed by atoms with Crippen molar-refractivity contribution in [3.8, 4) is 0 Å². The van der Waals surface area contributed by atoms with E-state index in [1.165, 1.54) is 4.90 Å². The number of carbonyl (C=O) groups is 2. The third-order valence-electron chi connectivity index (χ3n) is 2.72. The van der Waals surface area contributed by atoms with Crippen LogP contribution < -0.4 is 4.90 Å². The molecule has 0 aliphatic carbocycles. The quantitative estimate of drug-likeness (QED) is 0.680. The molecule has 1 heterocycles. The number of benzene rings is 1. The number of carbonyl (C=O) groups excluding carboxylic acids is 2. The number of hydrogen-bond donors (Lipinski definition) is 1. The molecular weight excluding hydrogens is 286 g/mol. The molecule has 0 aromatic heterocycles. The molecule has 1 N–H and O–H groups in total. The number of ketones is 1. The van der Waals surface area contributed by atoms with E-state index in [9.17, 15) is 9.59 Å². The second kappa shape index (κ2) is 4.98. The first-order valence-electron chi connectivity index (χ1n) is 5.41. The zero-order valence-corrected chi connectivity index (χ0v) is 10.7. The van der Waals surface area contributed by atoms with E-state index in [1.807, 2.05) is 6.07 Å². The Morgan fingerprint density at radius 2 is 2.00 bits per heavy atom. The Bertz CT molecular complexity index is 473. The molecule has 1 aromatic carbocycles. The molecule has 2 rings (SSSR count). The van der Waals surface area contributed by atoms with Crippen molar-refractivity contribution in [1.82, 2.24) is 0 Å². The van der Waals surface area contributed by atoms with Crippen molar-refractivity contribution in [1.29, 1.82) is 0 Å². The molecule has 17 heavy (non-hydrogen) atoms. The first kappa shape index (κ1) is 12.3. The molecule has 0 fully saturated rings. The molecule has 4 nitrogen and oxygen atoms in total. The standard InChI is InChI=1S/C12H12BrNO3/c13-8-3-4-10-9(7-8)11(16)12(17)14(10)5-1-2-6-15/h3-4,7,15H,1-2,5-6H2. The van der Waals surface area contributed by atoms with E-state index in [-0.39, 0.29) is 6.61 Å². The van der Waals surface area contributed by atoms with Crippen LogP contribution in [-0.2, 0) is 4.79 Å². The summed E-state index contributed by atoms with van der Waals surface area (Å²) in [5.41, 5.74) is 1.12. The zero-order chi connectivity index (χ0) is 12.4. The fraction of sp³-hybridized carbons (Fsp3) is 0.333. The summed E-state index contributed by atoms with van der Waals surface area (Å²) in [6, 6.07) is 5.24. The normalized spacial score (nSPS) is 14.4. The molecule has 0 atom stereocenters. The highest BCUT2D eigenvalue weighted by molar-refractivity contribution is 9.10. The summed E-state index contributed by atoms with van der Waals surface area (Å²) < 4.78 is 0.787. The number of aliphatic hydroxyl groups excluding tert-OH is 1. The van der Waals surface area contributed by atoms with Gasteiger partial charge in [-0.05, 0) is 31.0 Å². The van der Waals surface area contributed by atoms with Gasteiger partial charge < -0.3 is 10.0 Å². The smallest absolute Gasteiger partial charge is 0.299 e. The van der Waals surface area contributed by atoms with Crippen molar-refractivity contribution in [3.63, 3.8) is 0 Å². The van der Waals surface area contributed by atoms with Gasteiger partial charge in [-0.15, -0.1) is 0 Å². The Kier molecular flexibility index (Phi) is 3.59. The lowest BCUT2D eigenvalue weighted by molar-refractivity contribution is -0.114. The van der Waals surface area contributed by atoms with Gasteiger partial charge in [0.1, 0.15) is 0 Å². The maximum absolute atomic E-state index is 11.8. The van der Waals surface area contributed by atoms with Gasteiger partial charge in [0.2, 0.25) is 0 Å². The second-order valence-corrected chi connectivity index (χ2v) is 4.79. The molecule has 0 saturated heterocycles. The Hall–Kier alpha value is -1.20. The monoisotopic (exact) mass is 297 g/mol. The van der Waals surface area contributed by atoms with Gasteiger partial charge in [-0.2, -0.15) is 0 Å². The number of hydrogen-bond acceptors (Lipinski definition) is 3. The predicted molar refractivity (Wildman–Crippen MR) is 67.1 cm³/mol. The molecule has 90 valence electrons. The molecule has 1 aromatic rings. The van der Waals surface area contributed by atoms with Crippen LogP contribution >= 0.6 is 15.9 Å². The number of aliphatic hydroxyl groups is 1. The maximum atomic E-state index is 11.8. The van der Waals surface area contributed by atoms with E-state index in [0.29, 0.717) is 30.6 Å². The highest BCUT2D eigenvalue weighted by atomic mass is 79.9. The Labute approximate surface area is 107 Å². The number of anilines is 1. The average molecular weight is 298 g/mol. The van der Waals surface area contributed by atoms with Gasteiger partial charge in [0.15, 0.2) is 0 Å². The Morgan fingerprint density at radius 1 is 1.24 bits per heavy atom. The third kappa shape index (κ3) is 2.25. The zero-order valence-electron chi connectivity index (χ0n) is 9.15. The van der Waals surface area contributed by atoms with Crippen molar-refractivity contribution in [2.75, 3.05) is 18.1 Å². The summed E-state index contributed by atoms with van der Waals surface area (Å²) in [5, 5.41) is 8.71. The topological polar surface area (TPSA) is 57.6 Å². The van der Waals surface area contributed by atoms with Crippen LogP contribution in [0.15, 0.2) is 22.7 Å². The van der Waals surface area contributed by atoms with Gasteiger partial charge in [-0.25, -0.2) is 0 Å². The summed E-state index contributed by atoms with van der Waals surface area (Å²) in [6.45, 7) is 0.572. The molecule has 1 amide bonds. The van der Waals surface area contributed by atoms with Crippen LogP contribution in [-0.4, -0.2) is 29.9 Å². The number of rotatable bonds is 4. The van der Waals surface area contributed by atoms with E-state index in [1.54, 1.807) is 12.1 Å². The minimum Gasteiger partial charge on any atom is -0.396 e. The summed E-state index contributed by atoms with van der Waals surface area (Å²) in [5.74, 6) is -0.929. The number of fused-ring (bicyclic) bond motifs is 1. The van der Waals surface area contributed by atoms with E-state index in [4.69, 9.17) is 5.11 Å². The molecule has 1 aliphatic heterocycles. The predicted octanol–water partition coefficient (Wildman–Crippen LogP) is 1.75. The van der Waals surface area contributed by atoms with Crippen molar-refractivity contribution in [2.45, 2.75) is 12.8 Å². The third-order valence-corrected chi connectivity index (χ3v) is 3.22. The molecule has 1 aliphatic rings. The first-order chi connectivity index (χ1) is 8.15. The van der Waals surface area contributed by atoms with Crippen LogP contribution in [0.4, 0.5) is 5.69 Å². The lowest BCUT2D eigenvalue weighted by atomic mass is 10.1. The van der Waals surface area contributed by atoms with Crippen LogP contribution in [0.25, 0.3) is 0 Å². The highest BCUT2D eigenvalue weighted by Crippen LogP contribution is 2.31. The van der Waals surface area contributed by atoms with E-state index >= 15 is 0 Å². The molecule has 0 bridgehead atoms. The van der Waals surface area contributed by atoms with Crippen LogP contribution in [0.2, 0.25) is 0 Å². The van der Waals surface area contributed by atoms with Crippen molar-refractivity contribution in [3.05, 3.63) is 28.2 Å². The lowest BCUT2D eigenvalue weighted by Crippen LogP contribution is -2.30. The van der Waals surface area contributed by atoms with Gasteiger partial charge in [-0.1, -0.05) is 15.9 Å². The molecular formula is C12H12BrNO3. The highest BCUT2D eigenvalue weighted by Gasteiger charge is 2.35. The molecule has 0 spiro atoms. The van der Waals surface area contributed by atoms with E-state index in [0.717, 1.165) is 4.47 Å². The van der Waals surface area contributed by atoms with E-state index in [2.05, 4.69) is 15.9 Å². The largest absolute Gasteiger partial charge is 0.396 e. The molecule has 0 unspecified atom stereocenters. The number of amides is 1. The molecule has 0 radical (unpaired) electrons. The van der Waals surface area contributed by atoms with Gasteiger partial charge >= 0.3 is 0 Å². The van der Waals surface area contributed by atoms with Crippen LogP contribution in [0.3, 0.4) is 0 Å². The van der Waals surface area contributed by atoms with Gasteiger partial charge in [0, 0.05) is 17.6 Å². The van der Waals surface area contributed by atoms with Crippen molar-refractivity contribution in [2.24, 2.45) is 0 Å². The first-order valence-corrected chi connectivity index (χ1v) is 6.21. The Balaban J connectivity index is 2.25. The number of nitrogens with zero attached hydrogens (tertiary/aromatic N) is 1. The fourth-order valence-electron chi connectivity index (χ4n) is 1.88. The maximum Gasteiger partial charge on any atom is 0.299 e. The Morgan fingerprint density at radius 3 is 2.71 bits per heavy atom. The van der Waals surface area contributed by atoms with Gasteiger partial charge in [0.05, 0.1) is 11.3 Å². The summed E-state index contributed by atoms with van der Waals surface area (Å²) in [4.78, 5) is 25.0. The summed E-state index contributed by atoms with van der Waals surface area (Å²) in [7, 11) is 0. The number of Topliss-reactive ketones (excluding diaryl/α,β-unsaturated/α-hetero) is 1. The number of unbranched alkanes of at least 4 members (excludes halogenated alkanes) is 1. The lowest BCUT2D eigenvalue weighted by Gasteiger charge is -2.15. The van der Waals surface area contributed by atoms with Crippen molar-refractivity contribution >= 4 is 33.3 Å². The van der Waals surface area contributed by atoms with Gasteiger partial charge in [-0.3, -0.25) is 9.59 Å². The summed E-state index contributed by atoms with van der Waals surface area (Å²) in [6.07, 6.45) is 1.31. The minimum absolute atomic E-state index is 0.100. The molecule has 0 saturated carbocycles. The van der Waals surface area contributed by atoms with Gasteiger partial charge in [0.25, 0.3) is 11.7 Å². The SMILES string of the molecule is O=C1C(=O)N(CCCCO)c2ccc(Br)cc21. The minimum atomic E-state index is -0.476. The van der Waals surface area contributed by atoms with Crippen molar-refractivity contribution < 1.29 is 14.7 Å². The van der Waals surface area contributed by atoms with Crippen LogP contribution in [0.1, 0.15) is 23.2 Å². The summed E-state index contributed by atoms with van der Waals surface area (Å²) >= 11 is 3.28. The second-order valence-electron chi connectivity index (χ2n) is 3.88. The number of halogens is 1.